The highest BCUT2D eigenvalue weighted by Gasteiger charge is 2.33. The van der Waals surface area contributed by atoms with Crippen molar-refractivity contribution >= 4 is 33.0 Å². The van der Waals surface area contributed by atoms with E-state index in [-0.39, 0.29) is 17.4 Å². The van der Waals surface area contributed by atoms with Gasteiger partial charge in [0.1, 0.15) is 0 Å². The number of thiophene rings is 1. The van der Waals surface area contributed by atoms with Gasteiger partial charge in [-0.3, -0.25) is 4.79 Å². The average molecular weight is 302 g/mol. The Morgan fingerprint density at radius 1 is 1.33 bits per heavy atom. The van der Waals surface area contributed by atoms with Gasteiger partial charge in [-0.1, -0.05) is 26.7 Å². The summed E-state index contributed by atoms with van der Waals surface area (Å²) in [6.45, 7) is 4.51. The van der Waals surface area contributed by atoms with Gasteiger partial charge in [-0.15, -0.1) is 11.3 Å². The van der Waals surface area contributed by atoms with Gasteiger partial charge in [0, 0.05) is 16.4 Å². The highest BCUT2D eigenvalue weighted by molar-refractivity contribution is 7.20. The van der Waals surface area contributed by atoms with Gasteiger partial charge in [0.25, 0.3) is 5.91 Å². The maximum Gasteiger partial charge on any atom is 0.261 e. The largest absolute Gasteiger partial charge is 0.399 e. The monoisotopic (exact) mass is 302 g/mol. The molecule has 1 saturated carbocycles. The molecule has 1 atom stereocenters. The Balaban J connectivity index is 1.80. The van der Waals surface area contributed by atoms with Crippen molar-refractivity contribution in [2.45, 2.75) is 45.6 Å². The molecule has 3 N–H and O–H groups in total. The lowest BCUT2D eigenvalue weighted by molar-refractivity contribution is 0.0857. The van der Waals surface area contributed by atoms with Crippen molar-refractivity contribution in [1.82, 2.24) is 5.32 Å². The number of benzene rings is 1. The van der Waals surface area contributed by atoms with E-state index in [1.165, 1.54) is 30.6 Å². The molecule has 21 heavy (non-hydrogen) atoms. The Morgan fingerprint density at radius 3 is 2.90 bits per heavy atom. The van der Waals surface area contributed by atoms with Gasteiger partial charge in [0.05, 0.1) is 4.88 Å². The summed E-state index contributed by atoms with van der Waals surface area (Å²) >= 11 is 1.54. The summed E-state index contributed by atoms with van der Waals surface area (Å²) in [6, 6.07) is 8.00. The molecule has 0 saturated heterocycles. The molecule has 1 fully saturated rings. The molecule has 3 rings (SSSR count). The second kappa shape index (κ2) is 5.34. The van der Waals surface area contributed by atoms with E-state index in [9.17, 15) is 4.79 Å². The molecule has 1 heterocycles. The van der Waals surface area contributed by atoms with E-state index in [1.54, 1.807) is 0 Å². The van der Waals surface area contributed by atoms with Crippen LogP contribution in [0.25, 0.3) is 10.1 Å². The number of carbonyl (C=O) groups is 1. The van der Waals surface area contributed by atoms with Crippen LogP contribution in [-0.4, -0.2) is 11.9 Å². The van der Waals surface area contributed by atoms with Crippen molar-refractivity contribution in [2.24, 2.45) is 5.41 Å². The van der Waals surface area contributed by atoms with Crippen LogP contribution in [0.4, 0.5) is 5.69 Å². The van der Waals surface area contributed by atoms with Crippen molar-refractivity contribution in [3.05, 3.63) is 29.1 Å². The molecular weight excluding hydrogens is 280 g/mol. The minimum absolute atomic E-state index is 0.0507. The Labute approximate surface area is 129 Å². The molecule has 4 heteroatoms. The second-order valence-electron chi connectivity index (χ2n) is 6.67. The summed E-state index contributed by atoms with van der Waals surface area (Å²) in [4.78, 5) is 13.3. The van der Waals surface area contributed by atoms with E-state index in [1.807, 2.05) is 24.3 Å². The average Bonchev–Trinajstić information content (AvgIpc) is 2.84. The molecule has 1 aromatic carbocycles. The first kappa shape index (κ1) is 14.4. The zero-order valence-electron chi connectivity index (χ0n) is 12.6. The van der Waals surface area contributed by atoms with Crippen LogP contribution in [0.3, 0.4) is 0 Å². The zero-order valence-corrected chi connectivity index (χ0v) is 13.4. The maximum absolute atomic E-state index is 12.5. The van der Waals surface area contributed by atoms with E-state index in [4.69, 9.17) is 5.73 Å². The fourth-order valence-corrected chi connectivity index (χ4v) is 4.11. The van der Waals surface area contributed by atoms with Gasteiger partial charge in [-0.2, -0.15) is 0 Å². The summed E-state index contributed by atoms with van der Waals surface area (Å²) in [5.74, 6) is 0.0507. The normalized spacial score (nSPS) is 21.3. The quantitative estimate of drug-likeness (QED) is 0.818. The summed E-state index contributed by atoms with van der Waals surface area (Å²) in [5.41, 5.74) is 6.72. The number of nitrogens with two attached hydrogens (primary N) is 1. The third-order valence-electron chi connectivity index (χ3n) is 4.58. The standard InChI is InChI=1S/C17H22N2OS/c1-17(2)8-4-3-5-15(17)19-16(20)14-10-11-9-12(18)6-7-13(11)21-14/h6-7,9-10,15H,3-5,8,18H2,1-2H3,(H,19,20). The highest BCUT2D eigenvalue weighted by Crippen LogP contribution is 2.36. The molecule has 2 aromatic rings. The summed E-state index contributed by atoms with van der Waals surface area (Å²) in [7, 11) is 0. The first-order valence-electron chi connectivity index (χ1n) is 7.56. The Morgan fingerprint density at radius 2 is 2.14 bits per heavy atom. The summed E-state index contributed by atoms with van der Waals surface area (Å²) in [6.07, 6.45) is 4.73. The number of amides is 1. The molecule has 0 bridgehead atoms. The van der Waals surface area contributed by atoms with E-state index in [0.717, 1.165) is 27.1 Å². The predicted octanol–water partition coefficient (Wildman–Crippen LogP) is 4.18. The Bertz CT molecular complexity index is 674. The summed E-state index contributed by atoms with van der Waals surface area (Å²) in [5, 5.41) is 4.29. The number of hydrogen-bond acceptors (Lipinski definition) is 3. The zero-order chi connectivity index (χ0) is 15.0. The van der Waals surface area contributed by atoms with Crippen LogP contribution in [0, 0.1) is 5.41 Å². The Hall–Kier alpha value is -1.55. The van der Waals surface area contributed by atoms with Gasteiger partial charge in [-0.25, -0.2) is 0 Å². The van der Waals surface area contributed by atoms with Crippen LogP contribution >= 0.6 is 11.3 Å². The van der Waals surface area contributed by atoms with E-state index in [2.05, 4.69) is 19.2 Å². The molecule has 0 radical (unpaired) electrons. The van der Waals surface area contributed by atoms with Crippen molar-refractivity contribution in [1.29, 1.82) is 0 Å². The molecular formula is C17H22N2OS. The lowest BCUT2D eigenvalue weighted by atomic mass is 9.73. The number of nitrogens with one attached hydrogen (secondary N) is 1. The van der Waals surface area contributed by atoms with Gasteiger partial charge < -0.3 is 11.1 Å². The lowest BCUT2D eigenvalue weighted by Crippen LogP contribution is -2.46. The molecule has 1 unspecified atom stereocenters. The van der Waals surface area contributed by atoms with E-state index >= 15 is 0 Å². The molecule has 1 aliphatic carbocycles. The lowest BCUT2D eigenvalue weighted by Gasteiger charge is -2.38. The van der Waals surface area contributed by atoms with Crippen molar-refractivity contribution < 1.29 is 4.79 Å². The molecule has 1 aromatic heterocycles. The number of rotatable bonds is 2. The third kappa shape index (κ3) is 2.91. The van der Waals surface area contributed by atoms with Gasteiger partial charge >= 0.3 is 0 Å². The number of hydrogen-bond donors (Lipinski definition) is 2. The van der Waals surface area contributed by atoms with Gasteiger partial charge in [-0.05, 0) is 47.9 Å². The van der Waals surface area contributed by atoms with Gasteiger partial charge in [0.15, 0.2) is 0 Å². The molecule has 3 nitrogen and oxygen atoms in total. The number of anilines is 1. The van der Waals surface area contributed by atoms with E-state index in [0.29, 0.717) is 0 Å². The third-order valence-corrected chi connectivity index (χ3v) is 5.69. The molecule has 0 aliphatic heterocycles. The van der Waals surface area contributed by atoms with Gasteiger partial charge in [0.2, 0.25) is 0 Å². The number of fused-ring (bicyclic) bond motifs is 1. The minimum Gasteiger partial charge on any atom is -0.399 e. The van der Waals surface area contributed by atoms with Crippen LogP contribution in [0.5, 0.6) is 0 Å². The minimum atomic E-state index is 0.0507. The van der Waals surface area contributed by atoms with Crippen LogP contribution < -0.4 is 11.1 Å². The SMILES string of the molecule is CC1(C)CCCCC1NC(=O)c1cc2cc(N)ccc2s1. The number of carbonyl (C=O) groups excluding carboxylic acids is 1. The molecule has 0 spiro atoms. The van der Waals surface area contributed by atoms with Crippen LogP contribution in [0.15, 0.2) is 24.3 Å². The van der Waals surface area contributed by atoms with Crippen LogP contribution in [0.2, 0.25) is 0 Å². The van der Waals surface area contributed by atoms with Crippen molar-refractivity contribution in [2.75, 3.05) is 5.73 Å². The molecule has 1 aliphatic rings. The first-order chi connectivity index (χ1) is 9.95. The van der Waals surface area contributed by atoms with Crippen molar-refractivity contribution in [3.63, 3.8) is 0 Å². The fourth-order valence-electron chi connectivity index (χ4n) is 3.16. The predicted molar refractivity (Wildman–Crippen MR) is 89.7 cm³/mol. The fraction of sp³-hybridized carbons (Fsp3) is 0.471. The maximum atomic E-state index is 12.5. The van der Waals surface area contributed by atoms with Crippen LogP contribution in [0.1, 0.15) is 49.2 Å². The van der Waals surface area contributed by atoms with E-state index < -0.39 is 0 Å². The molecule has 112 valence electrons. The number of nitrogen functional groups attached to an aromatic ring is 1. The summed E-state index contributed by atoms with van der Waals surface area (Å²) < 4.78 is 1.11. The smallest absolute Gasteiger partial charge is 0.261 e. The highest BCUT2D eigenvalue weighted by atomic mass is 32.1. The topological polar surface area (TPSA) is 55.1 Å². The Kier molecular flexibility index (Phi) is 3.66. The second-order valence-corrected chi connectivity index (χ2v) is 7.75. The van der Waals surface area contributed by atoms with Crippen molar-refractivity contribution in [3.8, 4) is 0 Å². The first-order valence-corrected chi connectivity index (χ1v) is 8.37. The van der Waals surface area contributed by atoms with Crippen LogP contribution in [-0.2, 0) is 0 Å². The molecule has 1 amide bonds.